The first-order valence-electron chi connectivity index (χ1n) is 18.7. The zero-order valence-electron chi connectivity index (χ0n) is 31.6. The van der Waals surface area contributed by atoms with Crippen molar-refractivity contribution in [3.05, 3.63) is 83.2 Å². The number of nitrogens with zero attached hydrogens (tertiary/aromatic N) is 1. The molecule has 5 aliphatic rings. The van der Waals surface area contributed by atoms with E-state index in [1.165, 1.54) is 12.1 Å². The maximum absolute atomic E-state index is 17.7. The van der Waals surface area contributed by atoms with Crippen molar-refractivity contribution in [2.75, 3.05) is 13.2 Å². The van der Waals surface area contributed by atoms with Gasteiger partial charge in [0.2, 0.25) is 0 Å². The zero-order chi connectivity index (χ0) is 39.9. The number of β-amino-alcohol motifs (C(OH)–C–C–N with tert-alkyl or cyclic N) is 1. The lowest BCUT2D eigenvalue weighted by atomic mass is 9.45. The van der Waals surface area contributed by atoms with Crippen LogP contribution >= 0.6 is 7.82 Å². The van der Waals surface area contributed by atoms with Crippen LogP contribution in [0.15, 0.2) is 66.5 Å². The van der Waals surface area contributed by atoms with Gasteiger partial charge in [0.05, 0.1) is 29.4 Å². The lowest BCUT2D eigenvalue weighted by Gasteiger charge is -2.62. The Labute approximate surface area is 319 Å². The fourth-order valence-corrected chi connectivity index (χ4v) is 10.7. The summed E-state index contributed by atoms with van der Waals surface area (Å²) in [6, 6.07) is 8.13. The number of phosphoric acid groups is 1. The number of hydrogen-bond acceptors (Lipinski definition) is 10. The van der Waals surface area contributed by atoms with Crippen molar-refractivity contribution in [3.8, 4) is 5.75 Å². The minimum atomic E-state index is -4.98. The lowest BCUT2D eigenvalue weighted by Crippen LogP contribution is -2.69. The van der Waals surface area contributed by atoms with Crippen LogP contribution in [0.4, 0.5) is 4.39 Å². The number of pyridine rings is 1. The Morgan fingerprint density at radius 1 is 1.20 bits per heavy atom. The van der Waals surface area contributed by atoms with E-state index in [9.17, 15) is 39.3 Å². The number of aliphatic hydroxyl groups is 3. The van der Waals surface area contributed by atoms with Crippen molar-refractivity contribution < 1.29 is 62.2 Å². The summed E-state index contributed by atoms with van der Waals surface area (Å²) in [6.07, 6.45) is 4.30. The predicted octanol–water partition coefficient (Wildman–Crippen LogP) is 3.61. The van der Waals surface area contributed by atoms with Gasteiger partial charge in [0.15, 0.2) is 48.1 Å². The normalized spacial score (nSPS) is 36.0. The highest BCUT2D eigenvalue weighted by Crippen LogP contribution is 2.72. The van der Waals surface area contributed by atoms with Gasteiger partial charge in [-0.25, -0.2) is 13.5 Å². The molecule has 298 valence electrons. The van der Waals surface area contributed by atoms with E-state index < -0.39 is 78.8 Å². The van der Waals surface area contributed by atoms with Crippen molar-refractivity contribution in [3.63, 3.8) is 0 Å². The molecule has 4 aliphatic carbocycles. The maximum atomic E-state index is 17.7. The Hall–Kier alpha value is -3.17. The number of halogens is 1. The number of phosphoric ester groups is 1. The summed E-state index contributed by atoms with van der Waals surface area (Å²) < 4.78 is 49.7. The molecule has 2 heterocycles. The van der Waals surface area contributed by atoms with E-state index in [4.69, 9.17) is 14.0 Å². The van der Waals surface area contributed by atoms with Crippen molar-refractivity contribution in [1.29, 1.82) is 0 Å². The molecule has 13 nitrogen and oxygen atoms in total. The number of benzene rings is 1. The Morgan fingerprint density at radius 3 is 2.64 bits per heavy atom. The number of allylic oxidation sites excluding steroid dienone is 4. The highest BCUT2D eigenvalue weighted by atomic mass is 31.2. The summed E-state index contributed by atoms with van der Waals surface area (Å²) >= 11 is 0. The van der Waals surface area contributed by atoms with Crippen LogP contribution in [-0.4, -0.2) is 78.8 Å². The molecular weight excluding hydrogens is 734 g/mol. The molecule has 6 N–H and O–H groups in total. The van der Waals surface area contributed by atoms with Gasteiger partial charge in [-0.05, 0) is 82.7 Å². The quantitative estimate of drug-likeness (QED) is 0.117. The third kappa shape index (κ3) is 6.57. The Morgan fingerprint density at radius 2 is 1.95 bits per heavy atom. The first kappa shape index (κ1) is 40.0. The number of Topliss-reactive ketones (excluding diaryl/α,β-unsaturated/α-hetero) is 1. The van der Waals surface area contributed by atoms with Gasteiger partial charge in [0.25, 0.3) is 0 Å². The largest absolute Gasteiger partial charge is 0.524 e. The maximum Gasteiger partial charge on any atom is 0.524 e. The molecule has 1 aromatic heterocycles. The second-order valence-corrected chi connectivity index (χ2v) is 18.5. The molecule has 0 spiro atoms. The number of fused-ring (bicyclic) bond motifs is 7. The van der Waals surface area contributed by atoms with Crippen LogP contribution < -0.4 is 14.4 Å². The number of carbonyl (C=O) groups excluding carboxylic acids is 2. The molecule has 2 aromatic rings. The lowest BCUT2D eigenvalue weighted by molar-refractivity contribution is -0.689. The van der Waals surface area contributed by atoms with Crippen LogP contribution in [-0.2, 0) is 30.2 Å². The summed E-state index contributed by atoms with van der Waals surface area (Å²) in [6.45, 7) is 8.81. The van der Waals surface area contributed by atoms with Gasteiger partial charge in [-0.1, -0.05) is 30.7 Å². The van der Waals surface area contributed by atoms with E-state index in [2.05, 4.69) is 5.32 Å². The van der Waals surface area contributed by atoms with E-state index in [-0.39, 0.29) is 55.8 Å². The van der Waals surface area contributed by atoms with Gasteiger partial charge in [-0.15, -0.1) is 0 Å². The second-order valence-electron chi connectivity index (χ2n) is 17.3. The standard InChI is InChI=1S/C40H50FN2O11P/c1-36(2,3)42-19-30(46)23-8-9-24(31(15-23)54-55(49,50)51)20-43-14-6-7-25(21-43)35-52-34-17-29-28-11-10-26-16-27(45)12-13-37(26,4)39(28,41)32(47)18-38(29,5)40(34,53-35)33(48)22-44/h6-10,12-15,21,28-30,32,34-35,42,44,46-47H,11,16-20,22H2,1-5H3,(H-,49,50,51)/p+1/t28?,29?,30?,32-,34+,35?,37-,38-,39-,40+/m0/s1. The summed E-state index contributed by atoms with van der Waals surface area (Å²) in [4.78, 5) is 45.6. The first-order valence-corrected chi connectivity index (χ1v) is 20.2. The molecule has 0 bridgehead atoms. The van der Waals surface area contributed by atoms with Crippen LogP contribution in [0, 0.1) is 22.7 Å². The third-order valence-corrected chi connectivity index (χ3v) is 13.4. The number of ketones is 2. The third-order valence-electron chi connectivity index (χ3n) is 12.9. The summed E-state index contributed by atoms with van der Waals surface area (Å²) in [7, 11) is -4.98. The predicted molar refractivity (Wildman–Crippen MR) is 195 cm³/mol. The minimum Gasteiger partial charge on any atom is -0.404 e. The van der Waals surface area contributed by atoms with E-state index in [0.717, 1.165) is 0 Å². The SMILES string of the molecule is CC(C)(C)NCC(O)c1ccc(C[n+]2cccc(C3O[C@@H]4CC5C6CC=C7CC(=O)C=C[C@]7(C)[C@@]6(F)[C@@H](O)C[C@]5(C)[C@]4(C(=O)CO)O3)c2)c(OP(=O)(O)O)c1. The number of rotatable bonds is 10. The molecule has 1 aliphatic heterocycles. The summed E-state index contributed by atoms with van der Waals surface area (Å²) in [5.41, 5.74) is -4.48. The summed E-state index contributed by atoms with van der Waals surface area (Å²) in [5, 5.41) is 36.2. The van der Waals surface area contributed by atoms with Crippen LogP contribution in [0.3, 0.4) is 0 Å². The van der Waals surface area contributed by atoms with E-state index in [1.54, 1.807) is 54.2 Å². The van der Waals surface area contributed by atoms with Crippen molar-refractivity contribution >= 4 is 19.4 Å². The van der Waals surface area contributed by atoms with Crippen LogP contribution in [0.2, 0.25) is 0 Å². The summed E-state index contributed by atoms with van der Waals surface area (Å²) in [5.74, 6) is -2.04. The second kappa shape index (κ2) is 13.7. The molecule has 2 saturated carbocycles. The van der Waals surface area contributed by atoms with Gasteiger partial charge in [0.1, 0.15) is 12.4 Å². The van der Waals surface area contributed by atoms with Gasteiger partial charge in [-0.2, -0.15) is 0 Å². The van der Waals surface area contributed by atoms with Crippen molar-refractivity contribution in [2.24, 2.45) is 22.7 Å². The average molecular weight is 786 g/mol. The van der Waals surface area contributed by atoms with Gasteiger partial charge < -0.3 is 34.6 Å². The van der Waals surface area contributed by atoms with Crippen molar-refractivity contribution in [2.45, 2.75) is 108 Å². The molecule has 0 radical (unpaired) electrons. The number of nitrogens with one attached hydrogen (secondary N) is 1. The fourth-order valence-electron chi connectivity index (χ4n) is 10.2. The zero-order valence-corrected chi connectivity index (χ0v) is 32.5. The number of aliphatic hydroxyl groups excluding tert-OH is 3. The van der Waals surface area contributed by atoms with E-state index in [0.29, 0.717) is 22.3 Å². The molecule has 7 rings (SSSR count). The van der Waals surface area contributed by atoms with Gasteiger partial charge in [0, 0.05) is 41.3 Å². The smallest absolute Gasteiger partial charge is 0.404 e. The molecule has 3 fully saturated rings. The molecule has 0 amide bonds. The van der Waals surface area contributed by atoms with Crippen LogP contribution in [0.25, 0.3) is 0 Å². The van der Waals surface area contributed by atoms with Crippen LogP contribution in [0.5, 0.6) is 5.75 Å². The molecule has 1 aromatic carbocycles. The monoisotopic (exact) mass is 785 g/mol. The number of ether oxygens (including phenoxy) is 2. The topological polar surface area (TPSA) is 196 Å². The molecule has 1 saturated heterocycles. The molecule has 10 atom stereocenters. The molecule has 4 unspecified atom stereocenters. The number of hydrogen-bond donors (Lipinski definition) is 6. The number of aromatic nitrogens is 1. The van der Waals surface area contributed by atoms with Gasteiger partial charge in [-0.3, -0.25) is 19.4 Å². The Kier molecular flexibility index (Phi) is 10.0. The highest BCUT2D eigenvalue weighted by Gasteiger charge is 2.79. The van der Waals surface area contributed by atoms with E-state index in [1.807, 2.05) is 33.8 Å². The Balaban J connectivity index is 1.17. The molecule has 15 heteroatoms. The highest BCUT2D eigenvalue weighted by molar-refractivity contribution is 7.46. The van der Waals surface area contributed by atoms with E-state index >= 15 is 4.39 Å². The van der Waals surface area contributed by atoms with Gasteiger partial charge >= 0.3 is 7.82 Å². The molecular formula is C40H51FN2O11P+. The minimum absolute atomic E-state index is 0.0806. The fraction of sp³-hybridized carbons (Fsp3) is 0.575. The average Bonchev–Trinajstić information content (AvgIpc) is 3.61. The first-order chi connectivity index (χ1) is 25.6. The number of carbonyl (C=O) groups is 2. The van der Waals surface area contributed by atoms with Crippen molar-refractivity contribution in [1.82, 2.24) is 5.32 Å². The molecule has 55 heavy (non-hydrogen) atoms. The number of alkyl halides is 1. The van der Waals surface area contributed by atoms with Crippen LogP contribution in [0.1, 0.15) is 89.4 Å². The Bertz CT molecular complexity index is 2000.